The summed E-state index contributed by atoms with van der Waals surface area (Å²) in [5.41, 5.74) is 3.18. The molecule has 0 saturated heterocycles. The lowest BCUT2D eigenvalue weighted by Crippen LogP contribution is -2.29. The highest BCUT2D eigenvalue weighted by atomic mass is 16.1. The summed E-state index contributed by atoms with van der Waals surface area (Å²) in [7, 11) is 0. The van der Waals surface area contributed by atoms with Crippen LogP contribution in [-0.2, 0) is 11.3 Å². The number of imidazole rings is 1. The third kappa shape index (κ3) is 2.48. The molecule has 1 aliphatic rings. The van der Waals surface area contributed by atoms with Gasteiger partial charge in [-0.05, 0) is 31.4 Å². The number of hydrogen-bond donors (Lipinski definition) is 2. The molecule has 1 aromatic carbocycles. The number of carbonyl (C=O) groups excluding carboxylic acids is 1. The summed E-state index contributed by atoms with van der Waals surface area (Å²) in [6, 6.07) is 6.07. The van der Waals surface area contributed by atoms with Crippen LogP contribution < -0.4 is 5.32 Å². The highest BCUT2D eigenvalue weighted by Crippen LogP contribution is 2.24. The van der Waals surface area contributed by atoms with Gasteiger partial charge in [-0.15, -0.1) is 0 Å². The van der Waals surface area contributed by atoms with Crippen LogP contribution in [0.1, 0.15) is 37.1 Å². The Morgan fingerprint density at radius 2 is 2.21 bits per heavy atom. The fourth-order valence-electron chi connectivity index (χ4n) is 2.81. The predicted octanol–water partition coefficient (Wildman–Crippen LogP) is 2.68. The lowest BCUT2D eigenvalue weighted by atomic mass is 10.1. The van der Waals surface area contributed by atoms with Crippen LogP contribution in [0.5, 0.6) is 0 Å². The summed E-state index contributed by atoms with van der Waals surface area (Å²) in [5, 5.41) is 2.99. The van der Waals surface area contributed by atoms with Crippen molar-refractivity contribution >= 4 is 16.9 Å². The third-order valence-corrected chi connectivity index (χ3v) is 3.92. The quantitative estimate of drug-likeness (QED) is 0.888. The molecule has 0 aliphatic heterocycles. The molecule has 0 bridgehead atoms. The average molecular weight is 257 g/mol. The second-order valence-electron chi connectivity index (χ2n) is 5.35. The van der Waals surface area contributed by atoms with Crippen LogP contribution in [0, 0.1) is 12.8 Å². The Morgan fingerprint density at radius 1 is 1.42 bits per heavy atom. The SMILES string of the molecule is Cc1cccc2[nH]c(CNC(=O)C3CCCC3)nc12. The predicted molar refractivity (Wildman–Crippen MR) is 74.6 cm³/mol. The normalized spacial score (nSPS) is 16.1. The number of amides is 1. The number of rotatable bonds is 3. The molecular weight excluding hydrogens is 238 g/mol. The van der Waals surface area contributed by atoms with Crippen LogP contribution in [0.25, 0.3) is 11.0 Å². The molecule has 2 aromatic rings. The molecule has 0 unspecified atom stereocenters. The van der Waals surface area contributed by atoms with Crippen molar-refractivity contribution in [3.63, 3.8) is 0 Å². The van der Waals surface area contributed by atoms with E-state index in [2.05, 4.69) is 15.3 Å². The molecular formula is C15H19N3O. The van der Waals surface area contributed by atoms with E-state index in [-0.39, 0.29) is 11.8 Å². The largest absolute Gasteiger partial charge is 0.349 e. The van der Waals surface area contributed by atoms with Crippen molar-refractivity contribution in [1.82, 2.24) is 15.3 Å². The maximum absolute atomic E-state index is 11.9. The summed E-state index contributed by atoms with van der Waals surface area (Å²) in [6.07, 6.45) is 4.43. The first kappa shape index (κ1) is 12.2. The fourth-order valence-corrected chi connectivity index (χ4v) is 2.81. The van der Waals surface area contributed by atoms with E-state index < -0.39 is 0 Å². The number of hydrogen-bond acceptors (Lipinski definition) is 2. The second kappa shape index (κ2) is 5.03. The zero-order chi connectivity index (χ0) is 13.2. The number of aromatic nitrogens is 2. The minimum absolute atomic E-state index is 0.176. The zero-order valence-electron chi connectivity index (χ0n) is 11.2. The maximum Gasteiger partial charge on any atom is 0.223 e. The van der Waals surface area contributed by atoms with Crippen molar-refractivity contribution in [3.05, 3.63) is 29.6 Å². The molecule has 0 radical (unpaired) electrons. The highest BCUT2D eigenvalue weighted by molar-refractivity contribution is 5.80. The Kier molecular flexibility index (Phi) is 3.23. The van der Waals surface area contributed by atoms with Crippen LogP contribution in [0.15, 0.2) is 18.2 Å². The fraction of sp³-hybridized carbons (Fsp3) is 0.467. The molecule has 4 nitrogen and oxygen atoms in total. The van der Waals surface area contributed by atoms with E-state index in [1.165, 1.54) is 12.8 Å². The van der Waals surface area contributed by atoms with E-state index in [1.54, 1.807) is 0 Å². The summed E-state index contributed by atoms with van der Waals surface area (Å²) in [6.45, 7) is 2.54. The average Bonchev–Trinajstić information content (AvgIpc) is 3.05. The monoisotopic (exact) mass is 257 g/mol. The number of para-hydroxylation sites is 1. The first-order valence-corrected chi connectivity index (χ1v) is 6.96. The number of nitrogens with one attached hydrogen (secondary N) is 2. The maximum atomic E-state index is 11.9. The number of H-pyrrole nitrogens is 1. The lowest BCUT2D eigenvalue weighted by Gasteiger charge is -2.08. The number of aromatic amines is 1. The van der Waals surface area contributed by atoms with Gasteiger partial charge in [0.25, 0.3) is 0 Å². The van der Waals surface area contributed by atoms with E-state index in [4.69, 9.17) is 0 Å². The highest BCUT2D eigenvalue weighted by Gasteiger charge is 2.22. The van der Waals surface area contributed by atoms with Gasteiger partial charge in [-0.1, -0.05) is 25.0 Å². The van der Waals surface area contributed by atoms with Crippen LogP contribution >= 0.6 is 0 Å². The molecule has 1 amide bonds. The molecule has 100 valence electrons. The number of benzene rings is 1. The second-order valence-corrected chi connectivity index (χ2v) is 5.35. The summed E-state index contributed by atoms with van der Waals surface area (Å²) >= 11 is 0. The Morgan fingerprint density at radius 3 is 2.95 bits per heavy atom. The molecule has 1 fully saturated rings. The van der Waals surface area contributed by atoms with Gasteiger partial charge in [0.05, 0.1) is 17.6 Å². The van der Waals surface area contributed by atoms with E-state index in [9.17, 15) is 4.79 Å². The zero-order valence-corrected chi connectivity index (χ0v) is 11.2. The van der Waals surface area contributed by atoms with Crippen molar-refractivity contribution < 1.29 is 4.79 Å². The van der Waals surface area contributed by atoms with Crippen molar-refractivity contribution in [2.24, 2.45) is 5.92 Å². The molecule has 19 heavy (non-hydrogen) atoms. The topological polar surface area (TPSA) is 57.8 Å². The minimum atomic E-state index is 0.176. The lowest BCUT2D eigenvalue weighted by molar-refractivity contribution is -0.125. The van der Waals surface area contributed by atoms with E-state index >= 15 is 0 Å². The van der Waals surface area contributed by atoms with Crippen LogP contribution in [0.3, 0.4) is 0 Å². The van der Waals surface area contributed by atoms with Crippen LogP contribution in [0.2, 0.25) is 0 Å². The number of fused-ring (bicyclic) bond motifs is 1. The van der Waals surface area contributed by atoms with Gasteiger partial charge < -0.3 is 10.3 Å². The van der Waals surface area contributed by atoms with Gasteiger partial charge >= 0.3 is 0 Å². The van der Waals surface area contributed by atoms with Crippen LogP contribution in [0.4, 0.5) is 0 Å². The third-order valence-electron chi connectivity index (χ3n) is 3.92. The van der Waals surface area contributed by atoms with E-state index in [0.717, 1.165) is 35.3 Å². The summed E-state index contributed by atoms with van der Waals surface area (Å²) in [5.74, 6) is 1.22. The molecule has 1 aliphatic carbocycles. The first-order valence-electron chi connectivity index (χ1n) is 6.96. The molecule has 0 atom stereocenters. The standard InChI is InChI=1S/C15H19N3O/c1-10-5-4-8-12-14(10)18-13(17-12)9-16-15(19)11-6-2-3-7-11/h4-5,8,11H,2-3,6-7,9H2,1H3,(H,16,19)(H,17,18). The van der Waals surface area contributed by atoms with E-state index in [1.807, 2.05) is 25.1 Å². The Bertz CT molecular complexity index is 596. The number of aryl methyl sites for hydroxylation is 1. The van der Waals surface area contributed by atoms with E-state index in [0.29, 0.717) is 6.54 Å². The van der Waals surface area contributed by atoms with Crippen molar-refractivity contribution in [2.75, 3.05) is 0 Å². The Labute approximate surface area is 112 Å². The van der Waals surface area contributed by atoms with Crippen LogP contribution in [-0.4, -0.2) is 15.9 Å². The molecule has 2 N–H and O–H groups in total. The number of carbonyl (C=O) groups is 1. The van der Waals surface area contributed by atoms with Gasteiger partial charge in [0.1, 0.15) is 5.82 Å². The summed E-state index contributed by atoms with van der Waals surface area (Å²) in [4.78, 5) is 19.7. The van der Waals surface area contributed by atoms with Gasteiger partial charge in [0.2, 0.25) is 5.91 Å². The molecule has 1 aromatic heterocycles. The van der Waals surface area contributed by atoms with Gasteiger partial charge in [0, 0.05) is 5.92 Å². The Balaban J connectivity index is 1.68. The molecule has 3 rings (SSSR count). The van der Waals surface area contributed by atoms with Gasteiger partial charge in [0.15, 0.2) is 0 Å². The van der Waals surface area contributed by atoms with Gasteiger partial charge in [-0.3, -0.25) is 4.79 Å². The number of nitrogens with zero attached hydrogens (tertiary/aromatic N) is 1. The van der Waals surface area contributed by atoms with Gasteiger partial charge in [-0.2, -0.15) is 0 Å². The first-order chi connectivity index (χ1) is 9.24. The molecule has 4 heteroatoms. The molecule has 1 heterocycles. The smallest absolute Gasteiger partial charge is 0.223 e. The van der Waals surface area contributed by atoms with Crippen molar-refractivity contribution in [1.29, 1.82) is 0 Å². The minimum Gasteiger partial charge on any atom is -0.349 e. The Hall–Kier alpha value is -1.84. The summed E-state index contributed by atoms with van der Waals surface area (Å²) < 4.78 is 0. The molecule has 1 saturated carbocycles. The molecule has 0 spiro atoms. The van der Waals surface area contributed by atoms with Crippen molar-refractivity contribution in [2.45, 2.75) is 39.2 Å². The van der Waals surface area contributed by atoms with Crippen molar-refractivity contribution in [3.8, 4) is 0 Å². The van der Waals surface area contributed by atoms with Gasteiger partial charge in [-0.25, -0.2) is 4.98 Å².